The van der Waals surface area contributed by atoms with Crippen LogP contribution in [0.4, 0.5) is 34.1 Å². The van der Waals surface area contributed by atoms with Crippen molar-refractivity contribution in [1.29, 1.82) is 0 Å². The highest BCUT2D eigenvalue weighted by atomic mass is 16.3. The quantitative estimate of drug-likeness (QED) is 0.151. The molecule has 0 fully saturated rings. The monoisotopic (exact) mass is 1070 g/mol. The van der Waals surface area contributed by atoms with E-state index in [1.807, 2.05) is 12.1 Å². The first-order valence-electron chi connectivity index (χ1n) is 28.3. The second-order valence-electron chi connectivity index (χ2n) is 22.1. The maximum absolute atomic E-state index is 7.02. The smallest absolute Gasteiger partial charge is 0.159 e. The second kappa shape index (κ2) is 18.1. The van der Waals surface area contributed by atoms with Gasteiger partial charge in [-0.15, -0.1) is 0 Å². The lowest BCUT2D eigenvalue weighted by Crippen LogP contribution is -2.11. The van der Waals surface area contributed by atoms with Crippen molar-refractivity contribution in [2.45, 2.75) is 20.8 Å². The first-order valence-corrected chi connectivity index (χ1v) is 28.3. The summed E-state index contributed by atoms with van der Waals surface area (Å²) in [5.74, 6) is 0. The Kier molecular flexibility index (Phi) is 10.3. The number of anilines is 6. The standard InChI is InChI=1S/C77H50N2O4/c1-45-18-10-12-30-64(45)78(66-32-16-28-60-58-26-14-24-56(74(58)82-76(60)66)48-20-6-4-7-21-48)54-36-34-50-41-62-68(43-52(50)39-54)80-70-38-47(3)73-72(71(62)70)63-42-51-35-37-55(40-53(51)44-69(63)81-73)79(65-31-13-11-19-46(65)2)67-33-17-29-61-59-27-15-25-57(75(59)83-77(61)67)49-22-8-5-9-23-49/h4-44H,1-3H3. The van der Waals surface area contributed by atoms with Gasteiger partial charge >= 0.3 is 0 Å². The van der Waals surface area contributed by atoms with Crippen LogP contribution in [0.5, 0.6) is 0 Å². The molecule has 0 saturated heterocycles. The highest BCUT2D eigenvalue weighted by molar-refractivity contribution is 6.28. The molecule has 83 heavy (non-hydrogen) atoms. The molecule has 392 valence electrons. The molecule has 17 rings (SSSR count). The number of furan rings is 4. The van der Waals surface area contributed by atoms with Gasteiger partial charge in [-0.3, -0.25) is 0 Å². The van der Waals surface area contributed by atoms with Gasteiger partial charge in [-0.1, -0.05) is 170 Å². The summed E-state index contributed by atoms with van der Waals surface area (Å²) in [7, 11) is 0. The molecule has 4 heterocycles. The third kappa shape index (κ3) is 7.22. The van der Waals surface area contributed by atoms with Gasteiger partial charge in [0.05, 0.1) is 11.4 Å². The number of rotatable bonds is 8. The topological polar surface area (TPSA) is 59.0 Å². The minimum Gasteiger partial charge on any atom is -0.456 e. The van der Waals surface area contributed by atoms with E-state index in [0.29, 0.717) is 0 Å². The van der Waals surface area contributed by atoms with Gasteiger partial charge in [-0.05, 0) is 149 Å². The Hall–Kier alpha value is -10.8. The number of hydrogen-bond donors (Lipinski definition) is 0. The Morgan fingerprint density at radius 3 is 1.19 bits per heavy atom. The van der Waals surface area contributed by atoms with E-state index in [1.54, 1.807) is 0 Å². The van der Waals surface area contributed by atoms with E-state index < -0.39 is 0 Å². The summed E-state index contributed by atoms with van der Waals surface area (Å²) in [5, 5.41) is 12.9. The van der Waals surface area contributed by atoms with Gasteiger partial charge in [0.2, 0.25) is 0 Å². The largest absolute Gasteiger partial charge is 0.456 e. The minimum atomic E-state index is 0.818. The molecule has 17 aromatic rings. The van der Waals surface area contributed by atoms with Gasteiger partial charge < -0.3 is 27.5 Å². The lowest BCUT2D eigenvalue weighted by molar-refractivity contribution is 0.660. The average Bonchev–Trinajstić information content (AvgIpc) is 2.05. The SMILES string of the molecule is Cc1ccccc1N(c1ccc2cc3c(cc2c1)oc1cc(C)c2oc4cc5cc(N(c6ccccc6C)c6cccc7c6oc6c(-c8ccccc8)cccc67)ccc5cc4c2c13)c1cccc2c1oc1c(-c3ccccc3)cccc12. The summed E-state index contributed by atoms with van der Waals surface area (Å²) < 4.78 is 27.9. The van der Waals surface area contributed by atoms with Crippen LogP contribution in [-0.2, 0) is 0 Å². The zero-order valence-electron chi connectivity index (χ0n) is 45.7. The summed E-state index contributed by atoms with van der Waals surface area (Å²) in [4.78, 5) is 4.68. The van der Waals surface area contributed by atoms with Crippen LogP contribution < -0.4 is 9.80 Å². The van der Waals surface area contributed by atoms with E-state index in [-0.39, 0.29) is 0 Å². The Balaban J connectivity index is 0.799. The molecule has 6 heteroatoms. The van der Waals surface area contributed by atoms with E-state index in [1.165, 1.54) is 0 Å². The first kappa shape index (κ1) is 47.0. The molecule has 0 unspecified atom stereocenters. The van der Waals surface area contributed by atoms with E-state index in [9.17, 15) is 0 Å². The maximum atomic E-state index is 7.02. The molecule has 13 aromatic carbocycles. The highest BCUT2D eigenvalue weighted by Crippen LogP contribution is 2.50. The molecule has 0 amide bonds. The van der Waals surface area contributed by atoms with E-state index >= 15 is 0 Å². The number of nitrogens with zero attached hydrogens (tertiary/aromatic N) is 2. The summed E-state index contributed by atoms with van der Waals surface area (Å²) in [5.41, 5.74) is 20.5. The van der Waals surface area contributed by atoms with Gasteiger partial charge in [-0.25, -0.2) is 0 Å². The predicted molar refractivity (Wildman–Crippen MR) is 345 cm³/mol. The number of aryl methyl sites for hydroxylation is 3. The molecule has 0 spiro atoms. The summed E-state index contributed by atoms with van der Waals surface area (Å²) in [6.45, 7) is 6.46. The van der Waals surface area contributed by atoms with Crippen LogP contribution in [0.25, 0.3) is 132 Å². The molecule has 4 aromatic heterocycles. The molecule has 0 bridgehead atoms. The van der Waals surface area contributed by atoms with Crippen molar-refractivity contribution in [3.8, 4) is 22.3 Å². The van der Waals surface area contributed by atoms with Crippen molar-refractivity contribution >= 4 is 143 Å². The molecular weight excluding hydrogens is 1020 g/mol. The van der Waals surface area contributed by atoms with Crippen LogP contribution in [0.1, 0.15) is 16.7 Å². The molecule has 0 aliphatic heterocycles. The Labute approximate surface area is 476 Å². The molecule has 0 saturated carbocycles. The van der Waals surface area contributed by atoms with Crippen molar-refractivity contribution < 1.29 is 17.7 Å². The zero-order chi connectivity index (χ0) is 55.0. The molecule has 0 aliphatic carbocycles. The fraction of sp³-hybridized carbons (Fsp3) is 0.0390. The highest BCUT2D eigenvalue weighted by Gasteiger charge is 2.26. The minimum absolute atomic E-state index is 0.818. The molecule has 6 nitrogen and oxygen atoms in total. The molecular formula is C77H50N2O4. The van der Waals surface area contributed by atoms with Crippen LogP contribution >= 0.6 is 0 Å². The lowest BCUT2D eigenvalue weighted by Gasteiger charge is -2.27. The van der Waals surface area contributed by atoms with Crippen molar-refractivity contribution in [3.63, 3.8) is 0 Å². The van der Waals surface area contributed by atoms with E-state index in [4.69, 9.17) is 17.7 Å². The lowest BCUT2D eigenvalue weighted by atomic mass is 9.99. The number of benzene rings is 13. The fourth-order valence-corrected chi connectivity index (χ4v) is 13.2. The molecule has 0 aliphatic rings. The van der Waals surface area contributed by atoms with Crippen molar-refractivity contribution in [2.24, 2.45) is 0 Å². The first-order chi connectivity index (χ1) is 40.9. The van der Waals surface area contributed by atoms with Gasteiger partial charge in [-0.2, -0.15) is 0 Å². The van der Waals surface area contributed by atoms with Crippen molar-refractivity contribution in [3.05, 3.63) is 265 Å². The number of para-hydroxylation sites is 6. The summed E-state index contributed by atoms with van der Waals surface area (Å²) in [6, 6.07) is 88.5. The van der Waals surface area contributed by atoms with Gasteiger partial charge in [0.25, 0.3) is 0 Å². The van der Waals surface area contributed by atoms with Crippen LogP contribution in [0.15, 0.2) is 266 Å². The normalized spacial score (nSPS) is 12.0. The number of hydrogen-bond acceptors (Lipinski definition) is 6. The second-order valence-corrected chi connectivity index (χ2v) is 22.1. The Bertz CT molecular complexity index is 5510. The van der Waals surface area contributed by atoms with Crippen molar-refractivity contribution in [2.75, 3.05) is 9.80 Å². The molecule has 0 atom stereocenters. The summed E-state index contributed by atoms with van der Waals surface area (Å²) >= 11 is 0. The maximum Gasteiger partial charge on any atom is 0.159 e. The van der Waals surface area contributed by atoms with Crippen LogP contribution in [0.2, 0.25) is 0 Å². The summed E-state index contributed by atoms with van der Waals surface area (Å²) in [6.07, 6.45) is 0. The average molecular weight is 1070 g/mol. The number of fused-ring (bicyclic) bond motifs is 15. The third-order valence-corrected chi connectivity index (χ3v) is 17.1. The van der Waals surface area contributed by atoms with Gasteiger partial charge in [0.1, 0.15) is 33.5 Å². The van der Waals surface area contributed by atoms with Gasteiger partial charge in [0, 0.05) is 77.0 Å². The fourth-order valence-electron chi connectivity index (χ4n) is 13.2. The predicted octanol–water partition coefficient (Wildman–Crippen LogP) is 22.8. The Morgan fingerprint density at radius 1 is 0.253 bits per heavy atom. The third-order valence-electron chi connectivity index (χ3n) is 17.1. The van der Waals surface area contributed by atoms with Gasteiger partial charge in [0.15, 0.2) is 11.2 Å². The zero-order valence-corrected chi connectivity index (χ0v) is 45.7. The van der Waals surface area contributed by atoms with Crippen molar-refractivity contribution in [1.82, 2.24) is 0 Å². The van der Waals surface area contributed by atoms with Crippen LogP contribution in [0, 0.1) is 20.8 Å². The molecule has 0 N–H and O–H groups in total. The molecule has 0 radical (unpaired) electrons. The van der Waals surface area contributed by atoms with Crippen LogP contribution in [-0.4, -0.2) is 0 Å². The van der Waals surface area contributed by atoms with E-state index in [2.05, 4.69) is 267 Å². The van der Waals surface area contributed by atoms with E-state index in [0.717, 1.165) is 182 Å². The Morgan fingerprint density at radius 2 is 0.687 bits per heavy atom. The van der Waals surface area contributed by atoms with Crippen LogP contribution in [0.3, 0.4) is 0 Å².